The van der Waals surface area contributed by atoms with Gasteiger partial charge >= 0.3 is 5.69 Å². The largest absolute Gasteiger partial charge is 0.367 e. The van der Waals surface area contributed by atoms with Crippen LogP contribution in [0.5, 0.6) is 0 Å². The van der Waals surface area contributed by atoms with Gasteiger partial charge in [-0.1, -0.05) is 53.2 Å². The third-order valence-electron chi connectivity index (χ3n) is 5.52. The Morgan fingerprint density at radius 3 is 2.47 bits per heavy atom. The zero-order valence-corrected chi connectivity index (χ0v) is 18.4. The second-order valence-corrected chi connectivity index (χ2v) is 8.08. The molecule has 0 radical (unpaired) electrons. The first-order valence-corrected chi connectivity index (χ1v) is 10.8. The summed E-state index contributed by atoms with van der Waals surface area (Å²) in [5.74, 6) is 0. The van der Waals surface area contributed by atoms with Crippen molar-refractivity contribution >= 4 is 17.2 Å². The molecule has 0 N–H and O–H groups in total. The van der Waals surface area contributed by atoms with Crippen LogP contribution >= 0.6 is 11.6 Å². The molecular weight excluding hydrogens is 454 g/mol. The van der Waals surface area contributed by atoms with Gasteiger partial charge in [0.15, 0.2) is 0 Å². The molecule has 0 saturated heterocycles. The number of hydrogen-bond donors (Lipinski definition) is 0. The predicted octanol–water partition coefficient (Wildman–Crippen LogP) is 4.10. The molecule has 34 heavy (non-hydrogen) atoms. The van der Waals surface area contributed by atoms with Crippen LogP contribution in [-0.4, -0.2) is 34.1 Å². The van der Waals surface area contributed by atoms with Crippen LogP contribution in [0.1, 0.15) is 5.56 Å². The lowest BCUT2D eigenvalue weighted by Crippen LogP contribution is -2.23. The first kappa shape index (κ1) is 20.1. The number of aromatic nitrogens is 7. The summed E-state index contributed by atoms with van der Waals surface area (Å²) >= 11 is 6.07. The van der Waals surface area contributed by atoms with Gasteiger partial charge in [-0.25, -0.2) is 14.5 Å². The van der Waals surface area contributed by atoms with Gasteiger partial charge in [-0.3, -0.25) is 0 Å². The summed E-state index contributed by atoms with van der Waals surface area (Å²) in [6, 6.07) is 17.0. The van der Waals surface area contributed by atoms with E-state index in [2.05, 4.69) is 20.3 Å². The lowest BCUT2D eigenvalue weighted by molar-refractivity contribution is 0.422. The molecule has 4 heterocycles. The van der Waals surface area contributed by atoms with Gasteiger partial charge in [0.05, 0.1) is 19.1 Å². The highest BCUT2D eigenvalue weighted by atomic mass is 35.5. The molecular formula is C24H16ClN7O2. The van der Waals surface area contributed by atoms with Gasteiger partial charge in [0.2, 0.25) is 5.65 Å². The van der Waals surface area contributed by atoms with Crippen molar-refractivity contribution in [3.05, 3.63) is 107 Å². The Bertz CT molecular complexity index is 1630. The van der Waals surface area contributed by atoms with Crippen LogP contribution in [0, 0.1) is 0 Å². The van der Waals surface area contributed by atoms with Crippen LogP contribution in [0.4, 0.5) is 0 Å². The highest BCUT2D eigenvalue weighted by Gasteiger charge is 2.19. The first-order chi connectivity index (χ1) is 16.7. The van der Waals surface area contributed by atoms with Crippen molar-refractivity contribution in [2.24, 2.45) is 0 Å². The van der Waals surface area contributed by atoms with Gasteiger partial charge in [-0.15, -0.1) is 5.10 Å². The van der Waals surface area contributed by atoms with E-state index in [1.165, 1.54) is 15.5 Å². The minimum Gasteiger partial charge on any atom is -0.364 e. The third-order valence-corrected chi connectivity index (χ3v) is 5.78. The van der Waals surface area contributed by atoms with E-state index in [1.54, 1.807) is 31.0 Å². The fourth-order valence-electron chi connectivity index (χ4n) is 3.85. The summed E-state index contributed by atoms with van der Waals surface area (Å²) in [6.45, 7) is 0.293. The van der Waals surface area contributed by atoms with Gasteiger partial charge < -0.3 is 9.09 Å². The first-order valence-electron chi connectivity index (χ1n) is 10.4. The lowest BCUT2D eigenvalue weighted by atomic mass is 10.1. The molecule has 0 amide bonds. The maximum Gasteiger partial charge on any atom is 0.367 e. The van der Waals surface area contributed by atoms with Gasteiger partial charge in [0, 0.05) is 34.6 Å². The van der Waals surface area contributed by atoms with E-state index in [0.29, 0.717) is 22.9 Å². The van der Waals surface area contributed by atoms with Crippen LogP contribution in [0.3, 0.4) is 0 Å². The summed E-state index contributed by atoms with van der Waals surface area (Å²) < 4.78 is 9.44. The van der Waals surface area contributed by atoms with Crippen molar-refractivity contribution in [1.29, 1.82) is 0 Å². The molecule has 9 nitrogen and oxygen atoms in total. The van der Waals surface area contributed by atoms with Crippen molar-refractivity contribution in [3.63, 3.8) is 0 Å². The van der Waals surface area contributed by atoms with Crippen molar-refractivity contribution in [3.8, 4) is 28.1 Å². The monoisotopic (exact) mass is 469 g/mol. The number of halogens is 1. The highest BCUT2D eigenvalue weighted by molar-refractivity contribution is 6.30. The molecule has 10 heteroatoms. The molecule has 4 aromatic heterocycles. The van der Waals surface area contributed by atoms with E-state index >= 15 is 0 Å². The summed E-state index contributed by atoms with van der Waals surface area (Å²) in [5.41, 5.74) is 5.09. The highest BCUT2D eigenvalue weighted by Crippen LogP contribution is 2.29. The average Bonchev–Trinajstić information content (AvgIpc) is 3.63. The number of imidazole rings is 1. The average molecular weight is 470 g/mol. The number of benzene rings is 2. The Balaban J connectivity index is 1.45. The van der Waals surface area contributed by atoms with Gasteiger partial charge in [-0.05, 0) is 23.3 Å². The lowest BCUT2D eigenvalue weighted by Gasteiger charge is -2.10. The van der Waals surface area contributed by atoms with Crippen molar-refractivity contribution < 1.29 is 4.52 Å². The van der Waals surface area contributed by atoms with E-state index in [9.17, 15) is 4.79 Å². The Morgan fingerprint density at radius 2 is 1.76 bits per heavy atom. The molecule has 2 aromatic carbocycles. The fourth-order valence-corrected chi connectivity index (χ4v) is 3.98. The zero-order valence-electron chi connectivity index (χ0n) is 17.6. The molecule has 0 aliphatic heterocycles. The third kappa shape index (κ3) is 3.48. The van der Waals surface area contributed by atoms with Gasteiger partial charge in [0.25, 0.3) is 0 Å². The smallest absolute Gasteiger partial charge is 0.364 e. The van der Waals surface area contributed by atoms with Crippen LogP contribution < -0.4 is 5.69 Å². The van der Waals surface area contributed by atoms with E-state index < -0.39 is 0 Å². The van der Waals surface area contributed by atoms with E-state index in [1.807, 2.05) is 53.1 Å². The fraction of sp³-hybridized carbons (Fsp3) is 0.0417. The summed E-state index contributed by atoms with van der Waals surface area (Å²) in [5, 5.41) is 13.6. The van der Waals surface area contributed by atoms with Crippen molar-refractivity contribution in [2.75, 3.05) is 0 Å². The summed E-state index contributed by atoms with van der Waals surface area (Å²) in [4.78, 5) is 17.3. The molecule has 166 valence electrons. The Hall–Kier alpha value is -4.50. The number of rotatable bonds is 5. The predicted molar refractivity (Wildman–Crippen MR) is 126 cm³/mol. The van der Waals surface area contributed by atoms with Gasteiger partial charge in [-0.2, -0.15) is 9.61 Å². The minimum atomic E-state index is -0.334. The second kappa shape index (κ2) is 8.13. The molecule has 6 rings (SSSR count). The molecule has 0 atom stereocenters. The Labute approximate surface area is 197 Å². The topological polar surface area (TPSA) is 96.0 Å². The standard InChI is InChI=1S/C24H16ClN7O2/c25-19-7-5-17(6-8-19)20-13-27-32-23(22(20)30-11-10-26-15-30)28-31(24(32)33)14-16-1-3-18(4-2-16)21-9-12-34-29-21/h1-13,15H,14H2. The van der Waals surface area contributed by atoms with Crippen LogP contribution in [-0.2, 0) is 6.54 Å². The molecule has 0 spiro atoms. The molecule has 0 unspecified atom stereocenters. The molecule has 0 saturated carbocycles. The quantitative estimate of drug-likeness (QED) is 0.377. The SMILES string of the molecule is O=c1n(Cc2ccc(-c3ccon3)cc2)nc2c(-n3ccnc3)c(-c3ccc(Cl)cc3)cnn12. The summed E-state index contributed by atoms with van der Waals surface area (Å²) in [7, 11) is 0. The van der Waals surface area contributed by atoms with Crippen LogP contribution in [0.15, 0.2) is 95.1 Å². The molecule has 6 aromatic rings. The Morgan fingerprint density at radius 1 is 0.971 bits per heavy atom. The number of nitrogens with zero attached hydrogens (tertiary/aromatic N) is 7. The number of hydrogen-bond acceptors (Lipinski definition) is 6. The van der Waals surface area contributed by atoms with Crippen LogP contribution in [0.2, 0.25) is 5.02 Å². The summed E-state index contributed by atoms with van der Waals surface area (Å²) in [6.07, 6.45) is 8.34. The number of fused-ring (bicyclic) bond motifs is 1. The molecule has 0 aliphatic carbocycles. The van der Waals surface area contributed by atoms with Crippen molar-refractivity contribution in [1.82, 2.24) is 34.1 Å². The molecule has 0 bridgehead atoms. The second-order valence-electron chi connectivity index (χ2n) is 7.64. The zero-order chi connectivity index (χ0) is 23.1. The Kier molecular flexibility index (Phi) is 4.81. The normalized spacial score (nSPS) is 11.3. The van der Waals surface area contributed by atoms with E-state index in [-0.39, 0.29) is 5.69 Å². The molecule has 0 fully saturated rings. The maximum absolute atomic E-state index is 13.1. The van der Waals surface area contributed by atoms with Crippen LogP contribution in [0.25, 0.3) is 33.7 Å². The maximum atomic E-state index is 13.1. The van der Waals surface area contributed by atoms with E-state index in [0.717, 1.165) is 27.9 Å². The molecule has 0 aliphatic rings. The van der Waals surface area contributed by atoms with E-state index in [4.69, 9.17) is 16.1 Å². The van der Waals surface area contributed by atoms with Gasteiger partial charge in [0.1, 0.15) is 17.6 Å². The minimum absolute atomic E-state index is 0.293. The van der Waals surface area contributed by atoms with Crippen molar-refractivity contribution in [2.45, 2.75) is 6.54 Å².